The molecule has 0 aromatic heterocycles. The minimum absolute atomic E-state index is 0.209. The molecule has 120 valence electrons. The van der Waals surface area contributed by atoms with E-state index >= 15 is 0 Å². The van der Waals surface area contributed by atoms with Crippen molar-refractivity contribution in [2.45, 2.75) is 51.2 Å². The number of benzene rings is 1. The fraction of sp³-hybridized carbons (Fsp3) is 0.588. The van der Waals surface area contributed by atoms with E-state index in [-0.39, 0.29) is 12.0 Å². The average Bonchev–Trinajstić information content (AvgIpc) is 3.20. The SMILES string of the molecule is C[C@@H](C1CC1)N(CC(F)(F)F)C(=O)c1ccc2c(c1)CCC2. The Bertz CT molecular complexity index is 578. The highest BCUT2D eigenvalue weighted by Crippen LogP contribution is 2.37. The average molecular weight is 311 g/mol. The van der Waals surface area contributed by atoms with Gasteiger partial charge in [-0.3, -0.25) is 4.79 Å². The van der Waals surface area contributed by atoms with Crippen molar-refractivity contribution in [2.24, 2.45) is 5.92 Å². The fourth-order valence-electron chi connectivity index (χ4n) is 3.30. The van der Waals surface area contributed by atoms with Gasteiger partial charge in [0.1, 0.15) is 6.54 Å². The number of rotatable bonds is 4. The van der Waals surface area contributed by atoms with E-state index in [9.17, 15) is 18.0 Å². The Morgan fingerprint density at radius 2 is 1.95 bits per heavy atom. The molecule has 22 heavy (non-hydrogen) atoms. The van der Waals surface area contributed by atoms with Gasteiger partial charge in [-0.1, -0.05) is 6.07 Å². The Labute approximate surface area is 128 Å². The molecule has 2 nitrogen and oxygen atoms in total. The molecular weight excluding hydrogens is 291 g/mol. The molecule has 1 amide bonds. The van der Waals surface area contributed by atoms with Crippen LogP contribution in [0.5, 0.6) is 0 Å². The van der Waals surface area contributed by atoms with Gasteiger partial charge in [0.05, 0.1) is 0 Å². The number of halogens is 3. The van der Waals surface area contributed by atoms with Crippen molar-refractivity contribution < 1.29 is 18.0 Å². The first-order chi connectivity index (χ1) is 10.3. The van der Waals surface area contributed by atoms with Crippen LogP contribution in [0.1, 0.15) is 47.7 Å². The highest BCUT2D eigenvalue weighted by atomic mass is 19.4. The topological polar surface area (TPSA) is 20.3 Å². The predicted octanol–water partition coefficient (Wildman–Crippen LogP) is 3.98. The van der Waals surface area contributed by atoms with Crippen molar-refractivity contribution in [1.82, 2.24) is 4.90 Å². The molecule has 0 N–H and O–H groups in total. The molecule has 1 saturated carbocycles. The molecule has 1 fully saturated rings. The second-order valence-corrected chi connectivity index (χ2v) is 6.46. The summed E-state index contributed by atoms with van der Waals surface area (Å²) in [7, 11) is 0. The second kappa shape index (κ2) is 5.60. The van der Waals surface area contributed by atoms with E-state index in [2.05, 4.69) is 0 Å². The molecule has 0 bridgehead atoms. The standard InChI is InChI=1S/C17H20F3NO/c1-11(12-5-6-12)21(10-17(18,19)20)16(22)15-8-7-13-3-2-4-14(13)9-15/h7-9,11-12H,2-6,10H2,1H3/t11-/m0/s1. The fourth-order valence-corrected chi connectivity index (χ4v) is 3.30. The molecule has 0 spiro atoms. The van der Waals surface area contributed by atoms with Gasteiger partial charge in [0.15, 0.2) is 0 Å². The zero-order valence-corrected chi connectivity index (χ0v) is 12.6. The van der Waals surface area contributed by atoms with E-state index in [1.165, 1.54) is 5.56 Å². The van der Waals surface area contributed by atoms with Gasteiger partial charge < -0.3 is 4.90 Å². The third kappa shape index (κ3) is 3.28. The van der Waals surface area contributed by atoms with Crippen LogP contribution in [0.4, 0.5) is 13.2 Å². The molecule has 0 unspecified atom stereocenters. The van der Waals surface area contributed by atoms with Crippen LogP contribution in [0.25, 0.3) is 0 Å². The lowest BCUT2D eigenvalue weighted by molar-refractivity contribution is -0.144. The molecule has 2 aliphatic rings. The lowest BCUT2D eigenvalue weighted by atomic mass is 10.0. The summed E-state index contributed by atoms with van der Waals surface area (Å²) in [6.45, 7) is 0.565. The van der Waals surface area contributed by atoms with E-state index in [4.69, 9.17) is 0 Å². The van der Waals surface area contributed by atoms with E-state index < -0.39 is 18.6 Å². The third-order valence-electron chi connectivity index (χ3n) is 4.75. The lowest BCUT2D eigenvalue weighted by Crippen LogP contribution is -2.45. The number of alkyl halides is 3. The monoisotopic (exact) mass is 311 g/mol. The first kappa shape index (κ1) is 15.4. The lowest BCUT2D eigenvalue weighted by Gasteiger charge is -2.30. The molecule has 3 rings (SSSR count). The molecule has 0 aliphatic heterocycles. The van der Waals surface area contributed by atoms with Crippen LogP contribution in [0.15, 0.2) is 18.2 Å². The van der Waals surface area contributed by atoms with Crippen molar-refractivity contribution in [1.29, 1.82) is 0 Å². The quantitative estimate of drug-likeness (QED) is 0.823. The van der Waals surface area contributed by atoms with Crippen LogP contribution in [-0.2, 0) is 12.8 Å². The smallest absolute Gasteiger partial charge is 0.327 e. The molecular formula is C17H20F3NO. The maximum absolute atomic E-state index is 12.9. The van der Waals surface area contributed by atoms with Gasteiger partial charge in [-0.15, -0.1) is 0 Å². The van der Waals surface area contributed by atoms with Crippen LogP contribution in [0, 0.1) is 5.92 Å². The molecule has 0 saturated heterocycles. The molecule has 2 aliphatic carbocycles. The highest BCUT2D eigenvalue weighted by molar-refractivity contribution is 5.94. The van der Waals surface area contributed by atoms with Gasteiger partial charge in [-0.25, -0.2) is 0 Å². The van der Waals surface area contributed by atoms with Crippen molar-refractivity contribution >= 4 is 5.91 Å². The molecule has 1 atom stereocenters. The zero-order chi connectivity index (χ0) is 15.9. The van der Waals surface area contributed by atoms with E-state index in [1.807, 2.05) is 6.07 Å². The highest BCUT2D eigenvalue weighted by Gasteiger charge is 2.40. The van der Waals surface area contributed by atoms with Gasteiger partial charge in [-0.05, 0) is 68.2 Å². The molecule has 0 heterocycles. The molecule has 1 aromatic carbocycles. The summed E-state index contributed by atoms with van der Waals surface area (Å²) in [6, 6.07) is 4.99. The minimum atomic E-state index is -4.37. The van der Waals surface area contributed by atoms with Gasteiger partial charge >= 0.3 is 6.18 Å². The van der Waals surface area contributed by atoms with E-state index in [0.29, 0.717) is 5.56 Å². The largest absolute Gasteiger partial charge is 0.406 e. The number of hydrogen-bond acceptors (Lipinski definition) is 1. The Kier molecular flexibility index (Phi) is 3.91. The zero-order valence-electron chi connectivity index (χ0n) is 12.6. The first-order valence-electron chi connectivity index (χ1n) is 7.84. The van der Waals surface area contributed by atoms with Gasteiger partial charge in [-0.2, -0.15) is 13.2 Å². The van der Waals surface area contributed by atoms with Gasteiger partial charge in [0.25, 0.3) is 5.91 Å². The van der Waals surface area contributed by atoms with Crippen molar-refractivity contribution in [2.75, 3.05) is 6.54 Å². The van der Waals surface area contributed by atoms with E-state index in [0.717, 1.165) is 42.6 Å². The number of nitrogens with zero attached hydrogens (tertiary/aromatic N) is 1. The summed E-state index contributed by atoms with van der Waals surface area (Å²) in [5.74, 6) is -0.285. The van der Waals surface area contributed by atoms with Crippen molar-refractivity contribution in [3.05, 3.63) is 34.9 Å². The summed E-state index contributed by atoms with van der Waals surface area (Å²) >= 11 is 0. The van der Waals surface area contributed by atoms with Crippen LogP contribution in [0.3, 0.4) is 0 Å². The molecule has 1 aromatic rings. The number of aryl methyl sites for hydroxylation is 2. The second-order valence-electron chi connectivity index (χ2n) is 6.46. The predicted molar refractivity (Wildman–Crippen MR) is 77.7 cm³/mol. The first-order valence-corrected chi connectivity index (χ1v) is 7.84. The third-order valence-corrected chi connectivity index (χ3v) is 4.75. The Morgan fingerprint density at radius 1 is 1.27 bits per heavy atom. The number of hydrogen-bond donors (Lipinski definition) is 0. The minimum Gasteiger partial charge on any atom is -0.327 e. The number of fused-ring (bicyclic) bond motifs is 1. The Balaban J connectivity index is 1.84. The van der Waals surface area contributed by atoms with E-state index in [1.54, 1.807) is 19.1 Å². The Morgan fingerprint density at radius 3 is 2.59 bits per heavy atom. The summed E-state index contributed by atoms with van der Waals surface area (Å²) in [5.41, 5.74) is 2.71. The normalized spacial score (nSPS) is 18.9. The van der Waals surface area contributed by atoms with Crippen LogP contribution in [0.2, 0.25) is 0 Å². The summed E-state index contributed by atoms with van der Waals surface area (Å²) in [6.07, 6.45) is 0.412. The van der Waals surface area contributed by atoms with Crippen molar-refractivity contribution in [3.63, 3.8) is 0 Å². The van der Waals surface area contributed by atoms with Gasteiger partial charge in [0.2, 0.25) is 0 Å². The number of carbonyl (C=O) groups is 1. The van der Waals surface area contributed by atoms with Crippen LogP contribution < -0.4 is 0 Å². The van der Waals surface area contributed by atoms with Crippen LogP contribution in [-0.4, -0.2) is 29.6 Å². The summed E-state index contributed by atoms with van der Waals surface area (Å²) in [4.78, 5) is 13.6. The summed E-state index contributed by atoms with van der Waals surface area (Å²) in [5, 5.41) is 0. The number of carbonyl (C=O) groups excluding carboxylic acids is 1. The van der Waals surface area contributed by atoms with Crippen LogP contribution >= 0.6 is 0 Å². The maximum Gasteiger partial charge on any atom is 0.406 e. The Hall–Kier alpha value is -1.52. The number of amides is 1. The molecule has 0 radical (unpaired) electrons. The molecule has 5 heteroatoms. The maximum atomic E-state index is 12.9. The van der Waals surface area contributed by atoms with Gasteiger partial charge in [0, 0.05) is 11.6 Å². The summed E-state index contributed by atoms with van der Waals surface area (Å²) < 4.78 is 38.6. The van der Waals surface area contributed by atoms with Crippen molar-refractivity contribution in [3.8, 4) is 0 Å².